The first-order valence-electron chi connectivity index (χ1n) is 7.04. The predicted molar refractivity (Wildman–Crippen MR) is 75.2 cm³/mol. The van der Waals surface area contributed by atoms with Gasteiger partial charge in [-0.15, -0.1) is 0 Å². The van der Waals surface area contributed by atoms with Crippen LogP contribution in [0.15, 0.2) is 12.3 Å². The zero-order chi connectivity index (χ0) is 15.7. The average molecular weight is 298 g/mol. The van der Waals surface area contributed by atoms with Gasteiger partial charge in [0.1, 0.15) is 0 Å². The smallest absolute Gasteiger partial charge is 0.321 e. The Labute approximate surface area is 124 Å². The number of carbonyl (C=O) groups excluding carboxylic acids is 3. The van der Waals surface area contributed by atoms with E-state index in [1.54, 1.807) is 6.92 Å². The molecule has 1 aliphatic rings. The number of nitrogens with one attached hydrogen (secondary N) is 2. The summed E-state index contributed by atoms with van der Waals surface area (Å²) in [6, 6.07) is -0.572. The molecule has 1 rings (SSSR count). The van der Waals surface area contributed by atoms with Crippen LogP contribution in [0, 0.1) is 5.92 Å². The summed E-state index contributed by atoms with van der Waals surface area (Å²) in [6.07, 6.45) is 5.12. The van der Waals surface area contributed by atoms with Crippen molar-refractivity contribution < 1.29 is 23.9 Å². The van der Waals surface area contributed by atoms with Crippen molar-refractivity contribution >= 4 is 17.9 Å². The Bertz CT molecular complexity index is 400. The molecule has 0 atom stereocenters. The summed E-state index contributed by atoms with van der Waals surface area (Å²) in [4.78, 5) is 34.3. The molecule has 3 amide bonds. The lowest BCUT2D eigenvalue weighted by Gasteiger charge is -2.27. The fourth-order valence-corrected chi connectivity index (χ4v) is 2.22. The lowest BCUT2D eigenvalue weighted by molar-refractivity contribution is -0.146. The number of amides is 3. The summed E-state index contributed by atoms with van der Waals surface area (Å²) in [6.45, 7) is 2.25. The van der Waals surface area contributed by atoms with Gasteiger partial charge in [0.2, 0.25) is 0 Å². The predicted octanol–water partition coefficient (Wildman–Crippen LogP) is 1.09. The Hall–Kier alpha value is -2.05. The van der Waals surface area contributed by atoms with E-state index in [0.717, 1.165) is 6.08 Å². The van der Waals surface area contributed by atoms with Crippen molar-refractivity contribution in [1.82, 2.24) is 10.6 Å². The number of methoxy groups -OCH3 is 1. The van der Waals surface area contributed by atoms with E-state index in [1.165, 1.54) is 13.4 Å². The highest BCUT2D eigenvalue weighted by Gasteiger charge is 2.27. The molecule has 0 aromatic carbocycles. The largest absolute Gasteiger partial charge is 0.501 e. The first kappa shape index (κ1) is 17.0. The minimum absolute atomic E-state index is 0.0328. The zero-order valence-corrected chi connectivity index (χ0v) is 12.4. The van der Waals surface area contributed by atoms with E-state index < -0.39 is 11.9 Å². The number of imide groups is 1. The molecule has 0 spiro atoms. The van der Waals surface area contributed by atoms with Crippen LogP contribution in [-0.2, 0) is 19.1 Å². The molecule has 0 aliphatic heterocycles. The number of carbonyl (C=O) groups is 3. The van der Waals surface area contributed by atoms with E-state index in [2.05, 4.69) is 10.6 Å². The van der Waals surface area contributed by atoms with Crippen molar-refractivity contribution in [2.45, 2.75) is 38.6 Å². The standard InChI is InChI=1S/C14H22N2O5/c1-3-21-9-8-12(17)16-14(19)15-11-6-4-10(5-7-11)13(18)20-2/h8-11H,3-7H2,1-2H3,(H2,15,16,17,19)/b9-8+. The van der Waals surface area contributed by atoms with Crippen LogP contribution >= 0.6 is 0 Å². The number of hydrogen-bond donors (Lipinski definition) is 2. The lowest BCUT2D eigenvalue weighted by atomic mass is 9.86. The minimum Gasteiger partial charge on any atom is -0.501 e. The topological polar surface area (TPSA) is 93.7 Å². The zero-order valence-electron chi connectivity index (χ0n) is 12.4. The third-order valence-corrected chi connectivity index (χ3v) is 3.32. The van der Waals surface area contributed by atoms with Crippen molar-refractivity contribution in [2.24, 2.45) is 5.92 Å². The molecule has 2 N–H and O–H groups in total. The van der Waals surface area contributed by atoms with Crippen LogP contribution in [0.1, 0.15) is 32.6 Å². The average Bonchev–Trinajstić information content (AvgIpc) is 2.47. The molecule has 1 fully saturated rings. The summed E-state index contributed by atoms with van der Waals surface area (Å²) in [5.74, 6) is -0.829. The second kappa shape index (κ2) is 8.99. The fraction of sp³-hybridized carbons (Fsp3) is 0.643. The highest BCUT2D eigenvalue weighted by Crippen LogP contribution is 2.25. The van der Waals surface area contributed by atoms with Crippen LogP contribution in [0.2, 0.25) is 0 Å². The maximum Gasteiger partial charge on any atom is 0.321 e. The molecule has 118 valence electrons. The molecule has 21 heavy (non-hydrogen) atoms. The first-order chi connectivity index (χ1) is 10.1. The van der Waals surface area contributed by atoms with Crippen molar-refractivity contribution in [2.75, 3.05) is 13.7 Å². The Kier molecular flexibility index (Phi) is 7.28. The summed E-state index contributed by atoms with van der Waals surface area (Å²) >= 11 is 0. The van der Waals surface area contributed by atoms with Crippen molar-refractivity contribution in [3.63, 3.8) is 0 Å². The van der Waals surface area contributed by atoms with Crippen molar-refractivity contribution in [3.8, 4) is 0 Å². The van der Waals surface area contributed by atoms with Gasteiger partial charge in [-0.25, -0.2) is 4.79 Å². The second-order valence-corrected chi connectivity index (χ2v) is 4.79. The molecule has 7 nitrogen and oxygen atoms in total. The second-order valence-electron chi connectivity index (χ2n) is 4.79. The number of rotatable bonds is 5. The van der Waals surface area contributed by atoms with Crippen LogP contribution in [0.25, 0.3) is 0 Å². The van der Waals surface area contributed by atoms with Crippen LogP contribution in [0.5, 0.6) is 0 Å². The summed E-state index contributed by atoms with van der Waals surface area (Å²) in [5, 5.41) is 4.90. The number of ether oxygens (including phenoxy) is 2. The molecule has 0 radical (unpaired) electrons. The van der Waals surface area contributed by atoms with E-state index in [4.69, 9.17) is 9.47 Å². The van der Waals surface area contributed by atoms with Gasteiger partial charge in [0.05, 0.1) is 25.9 Å². The van der Waals surface area contributed by atoms with E-state index in [-0.39, 0.29) is 17.9 Å². The molecule has 1 saturated carbocycles. The van der Waals surface area contributed by atoms with Crippen molar-refractivity contribution in [3.05, 3.63) is 12.3 Å². The molecule has 0 aromatic heterocycles. The Morgan fingerprint density at radius 1 is 1.19 bits per heavy atom. The van der Waals surface area contributed by atoms with Crippen LogP contribution in [-0.4, -0.2) is 37.7 Å². The molecule has 0 saturated heterocycles. The molecule has 0 heterocycles. The molecule has 1 aliphatic carbocycles. The van der Waals surface area contributed by atoms with Gasteiger partial charge < -0.3 is 14.8 Å². The Morgan fingerprint density at radius 2 is 1.86 bits per heavy atom. The molecular weight excluding hydrogens is 276 g/mol. The molecule has 7 heteroatoms. The first-order valence-corrected chi connectivity index (χ1v) is 7.04. The normalized spacial score (nSPS) is 21.6. The fourth-order valence-electron chi connectivity index (χ4n) is 2.22. The summed E-state index contributed by atoms with van der Waals surface area (Å²) in [7, 11) is 1.38. The SMILES string of the molecule is CCO/C=C/C(=O)NC(=O)NC1CCC(C(=O)OC)CC1. The van der Waals surface area contributed by atoms with Crippen LogP contribution in [0.4, 0.5) is 4.79 Å². The van der Waals surface area contributed by atoms with Gasteiger partial charge in [0, 0.05) is 12.1 Å². The monoisotopic (exact) mass is 298 g/mol. The highest BCUT2D eigenvalue weighted by atomic mass is 16.5. The molecule has 0 unspecified atom stereocenters. The van der Waals surface area contributed by atoms with E-state index in [1.807, 2.05) is 0 Å². The van der Waals surface area contributed by atoms with Gasteiger partial charge in [0.25, 0.3) is 5.91 Å². The van der Waals surface area contributed by atoms with Gasteiger partial charge in [0.15, 0.2) is 0 Å². The Morgan fingerprint density at radius 3 is 2.43 bits per heavy atom. The molecule has 0 aromatic rings. The van der Waals surface area contributed by atoms with E-state index >= 15 is 0 Å². The number of urea groups is 1. The molecule has 0 bridgehead atoms. The maximum absolute atomic E-state index is 11.6. The number of hydrogen-bond acceptors (Lipinski definition) is 5. The Balaban J connectivity index is 2.27. The van der Waals surface area contributed by atoms with Gasteiger partial charge in [-0.3, -0.25) is 14.9 Å². The third kappa shape index (κ3) is 6.29. The lowest BCUT2D eigenvalue weighted by Crippen LogP contribution is -2.45. The summed E-state index contributed by atoms with van der Waals surface area (Å²) in [5.41, 5.74) is 0. The van der Waals surface area contributed by atoms with Gasteiger partial charge in [-0.05, 0) is 32.6 Å². The van der Waals surface area contributed by atoms with Gasteiger partial charge in [-0.1, -0.05) is 0 Å². The van der Waals surface area contributed by atoms with Crippen LogP contribution < -0.4 is 10.6 Å². The summed E-state index contributed by atoms with van der Waals surface area (Å²) < 4.78 is 9.57. The van der Waals surface area contributed by atoms with Gasteiger partial charge in [-0.2, -0.15) is 0 Å². The maximum atomic E-state index is 11.6. The van der Waals surface area contributed by atoms with E-state index in [9.17, 15) is 14.4 Å². The van der Waals surface area contributed by atoms with Crippen molar-refractivity contribution in [1.29, 1.82) is 0 Å². The molecular formula is C14H22N2O5. The van der Waals surface area contributed by atoms with E-state index in [0.29, 0.717) is 32.3 Å². The van der Waals surface area contributed by atoms with Gasteiger partial charge >= 0.3 is 12.0 Å². The van der Waals surface area contributed by atoms with Crippen LogP contribution in [0.3, 0.4) is 0 Å². The quantitative estimate of drug-likeness (QED) is 0.450. The highest BCUT2D eigenvalue weighted by molar-refractivity contribution is 6.00. The minimum atomic E-state index is -0.539. The third-order valence-electron chi connectivity index (χ3n) is 3.32. The number of esters is 1.